The maximum absolute atomic E-state index is 11.5. The van der Waals surface area contributed by atoms with Gasteiger partial charge in [-0.1, -0.05) is 30.3 Å². The second-order valence-corrected chi connectivity index (χ2v) is 10.1. The highest BCUT2D eigenvalue weighted by Crippen LogP contribution is 2.31. The molecule has 0 bridgehead atoms. The second-order valence-electron chi connectivity index (χ2n) is 10.1. The highest BCUT2D eigenvalue weighted by Gasteiger charge is 2.28. The first-order chi connectivity index (χ1) is 16.8. The Morgan fingerprint density at radius 3 is 2.60 bits per heavy atom. The van der Waals surface area contributed by atoms with Gasteiger partial charge in [-0.15, -0.1) is 0 Å². The quantitative estimate of drug-likeness (QED) is 0.416. The van der Waals surface area contributed by atoms with E-state index in [1.54, 1.807) is 19.1 Å². The SMILES string of the molecule is CCOC(=O)CCCc1ccc(OCC(O)CNC(C)(C)CC2Cc3ccccc3C2)c(C#N)c1. The van der Waals surface area contributed by atoms with Gasteiger partial charge in [0, 0.05) is 18.5 Å². The highest BCUT2D eigenvalue weighted by molar-refractivity contribution is 5.69. The fourth-order valence-corrected chi connectivity index (χ4v) is 4.84. The molecule has 1 atom stereocenters. The molecular formula is C29H38N2O4. The lowest BCUT2D eigenvalue weighted by molar-refractivity contribution is -0.143. The van der Waals surface area contributed by atoms with Crippen LogP contribution in [0.4, 0.5) is 0 Å². The Kier molecular flexibility index (Phi) is 9.71. The van der Waals surface area contributed by atoms with Crippen molar-refractivity contribution < 1.29 is 19.4 Å². The third kappa shape index (κ3) is 8.38. The molecule has 0 aliphatic heterocycles. The molecule has 1 aliphatic rings. The molecule has 0 spiro atoms. The number of benzene rings is 2. The van der Waals surface area contributed by atoms with E-state index in [4.69, 9.17) is 9.47 Å². The first-order valence-corrected chi connectivity index (χ1v) is 12.6. The molecule has 1 aliphatic carbocycles. The van der Waals surface area contributed by atoms with E-state index in [1.807, 2.05) is 6.07 Å². The van der Waals surface area contributed by atoms with Gasteiger partial charge in [0.25, 0.3) is 0 Å². The van der Waals surface area contributed by atoms with Crippen LogP contribution < -0.4 is 10.1 Å². The van der Waals surface area contributed by atoms with Crippen LogP contribution in [-0.2, 0) is 28.8 Å². The number of esters is 1. The third-order valence-corrected chi connectivity index (χ3v) is 6.50. The predicted octanol–water partition coefficient (Wildman–Crippen LogP) is 4.36. The van der Waals surface area contributed by atoms with Crippen molar-refractivity contribution in [1.82, 2.24) is 5.32 Å². The van der Waals surface area contributed by atoms with Crippen LogP contribution in [-0.4, -0.2) is 42.5 Å². The number of nitriles is 1. The summed E-state index contributed by atoms with van der Waals surface area (Å²) < 4.78 is 10.7. The lowest BCUT2D eigenvalue weighted by atomic mass is 9.88. The number of carbonyl (C=O) groups is 1. The summed E-state index contributed by atoms with van der Waals surface area (Å²) in [6, 6.07) is 16.3. The van der Waals surface area contributed by atoms with Crippen LogP contribution in [0, 0.1) is 17.2 Å². The molecule has 188 valence electrons. The third-order valence-electron chi connectivity index (χ3n) is 6.50. The van der Waals surface area contributed by atoms with Gasteiger partial charge >= 0.3 is 5.97 Å². The van der Waals surface area contributed by atoms with Crippen molar-refractivity contribution in [2.75, 3.05) is 19.8 Å². The van der Waals surface area contributed by atoms with Crippen molar-refractivity contribution in [2.24, 2.45) is 5.92 Å². The van der Waals surface area contributed by atoms with Gasteiger partial charge in [-0.2, -0.15) is 5.26 Å². The van der Waals surface area contributed by atoms with E-state index < -0.39 is 6.10 Å². The molecule has 35 heavy (non-hydrogen) atoms. The molecule has 3 rings (SSSR count). The van der Waals surface area contributed by atoms with Gasteiger partial charge < -0.3 is 19.9 Å². The summed E-state index contributed by atoms with van der Waals surface area (Å²) in [7, 11) is 0. The van der Waals surface area contributed by atoms with E-state index in [-0.39, 0.29) is 18.1 Å². The van der Waals surface area contributed by atoms with E-state index in [1.165, 1.54) is 11.1 Å². The summed E-state index contributed by atoms with van der Waals surface area (Å²) >= 11 is 0. The van der Waals surface area contributed by atoms with Crippen molar-refractivity contribution in [3.63, 3.8) is 0 Å². The number of aryl methyl sites for hydroxylation is 1. The predicted molar refractivity (Wildman–Crippen MR) is 136 cm³/mol. The average Bonchev–Trinajstić information content (AvgIpc) is 3.23. The zero-order chi connectivity index (χ0) is 25.3. The first-order valence-electron chi connectivity index (χ1n) is 12.6. The second kappa shape index (κ2) is 12.7. The minimum atomic E-state index is -0.689. The molecule has 0 fully saturated rings. The number of nitrogens with zero attached hydrogens (tertiary/aromatic N) is 1. The summed E-state index contributed by atoms with van der Waals surface area (Å²) in [6.07, 6.45) is 4.28. The molecule has 2 aromatic rings. The van der Waals surface area contributed by atoms with E-state index in [0.29, 0.717) is 49.6 Å². The van der Waals surface area contributed by atoms with E-state index in [0.717, 1.165) is 24.8 Å². The number of β-amino-alcohol motifs (C(OH)–C–C–N with tert-alkyl or cyclic N) is 1. The van der Waals surface area contributed by atoms with Crippen molar-refractivity contribution in [1.29, 1.82) is 5.26 Å². The first kappa shape index (κ1) is 26.7. The van der Waals surface area contributed by atoms with E-state index >= 15 is 0 Å². The number of rotatable bonds is 13. The average molecular weight is 479 g/mol. The number of fused-ring (bicyclic) bond motifs is 1. The highest BCUT2D eigenvalue weighted by atomic mass is 16.5. The molecule has 2 aromatic carbocycles. The minimum Gasteiger partial charge on any atom is -0.489 e. The lowest BCUT2D eigenvalue weighted by Crippen LogP contribution is -2.46. The Bertz CT molecular complexity index is 1000. The van der Waals surface area contributed by atoms with Crippen molar-refractivity contribution in [2.45, 2.75) is 70.9 Å². The number of aliphatic hydroxyl groups is 1. The minimum absolute atomic E-state index is 0.100. The molecule has 0 saturated heterocycles. The zero-order valence-corrected chi connectivity index (χ0v) is 21.2. The summed E-state index contributed by atoms with van der Waals surface area (Å²) in [6.45, 7) is 7.06. The van der Waals surface area contributed by atoms with Gasteiger partial charge in [-0.3, -0.25) is 4.79 Å². The van der Waals surface area contributed by atoms with Crippen LogP contribution in [0.5, 0.6) is 5.75 Å². The monoisotopic (exact) mass is 478 g/mol. The smallest absolute Gasteiger partial charge is 0.305 e. The molecule has 0 radical (unpaired) electrons. The standard InChI is InChI=1S/C29H38N2O4/c1-4-34-28(33)11-7-8-21-12-13-27(25(14-21)18-30)35-20-26(32)19-31-29(2,3)17-22-15-23-9-5-6-10-24(23)16-22/h5-6,9-10,12-14,22,26,31-32H,4,7-8,11,15-17,19-20H2,1-3H3. The van der Waals surface area contributed by atoms with Gasteiger partial charge in [-0.25, -0.2) is 0 Å². The fourth-order valence-electron chi connectivity index (χ4n) is 4.84. The van der Waals surface area contributed by atoms with Crippen LogP contribution >= 0.6 is 0 Å². The van der Waals surface area contributed by atoms with Crippen LogP contribution in [0.25, 0.3) is 0 Å². The van der Waals surface area contributed by atoms with E-state index in [2.05, 4.69) is 49.5 Å². The van der Waals surface area contributed by atoms with E-state index in [9.17, 15) is 15.2 Å². The number of hydrogen-bond acceptors (Lipinski definition) is 6. The molecule has 0 saturated carbocycles. The van der Waals surface area contributed by atoms with Crippen molar-refractivity contribution in [3.05, 3.63) is 64.7 Å². The van der Waals surface area contributed by atoms with Crippen molar-refractivity contribution in [3.8, 4) is 11.8 Å². The van der Waals surface area contributed by atoms with Crippen LogP contribution in [0.1, 0.15) is 62.3 Å². The summed E-state index contributed by atoms with van der Waals surface area (Å²) in [5.41, 5.74) is 4.22. The molecule has 0 heterocycles. The maximum atomic E-state index is 11.5. The number of hydrogen-bond donors (Lipinski definition) is 2. The normalized spacial score (nSPS) is 14.3. The fraction of sp³-hybridized carbons (Fsp3) is 0.517. The number of nitrogens with one attached hydrogen (secondary N) is 1. The van der Waals surface area contributed by atoms with Crippen molar-refractivity contribution >= 4 is 5.97 Å². The van der Waals surface area contributed by atoms with Crippen LogP contribution in [0.15, 0.2) is 42.5 Å². The van der Waals surface area contributed by atoms with Gasteiger partial charge in [0.15, 0.2) is 0 Å². The summed E-state index contributed by atoms with van der Waals surface area (Å²) in [5.74, 6) is 0.869. The molecule has 2 N–H and O–H groups in total. The molecular weight excluding hydrogens is 440 g/mol. The topological polar surface area (TPSA) is 91.6 Å². The Labute approximate surface area is 209 Å². The Hall–Kier alpha value is -2.88. The van der Waals surface area contributed by atoms with Gasteiger partial charge in [0.1, 0.15) is 24.5 Å². The Balaban J connectivity index is 1.42. The summed E-state index contributed by atoms with van der Waals surface area (Å²) in [4.78, 5) is 11.5. The lowest BCUT2D eigenvalue weighted by Gasteiger charge is -2.30. The van der Waals surface area contributed by atoms with Gasteiger partial charge in [0.2, 0.25) is 0 Å². The Morgan fingerprint density at radius 2 is 1.94 bits per heavy atom. The largest absolute Gasteiger partial charge is 0.489 e. The molecule has 1 unspecified atom stereocenters. The van der Waals surface area contributed by atoms with Crippen LogP contribution in [0.3, 0.4) is 0 Å². The van der Waals surface area contributed by atoms with Crippen LogP contribution in [0.2, 0.25) is 0 Å². The molecule has 6 heteroatoms. The Morgan fingerprint density at radius 1 is 1.23 bits per heavy atom. The zero-order valence-electron chi connectivity index (χ0n) is 21.2. The molecule has 0 amide bonds. The maximum Gasteiger partial charge on any atom is 0.305 e. The molecule has 6 nitrogen and oxygen atoms in total. The number of carbonyl (C=O) groups excluding carboxylic acids is 1. The molecule has 0 aromatic heterocycles. The van der Waals surface area contributed by atoms with Gasteiger partial charge in [0.05, 0.1) is 12.2 Å². The van der Waals surface area contributed by atoms with Gasteiger partial charge in [-0.05, 0) is 87.6 Å². The number of aliphatic hydroxyl groups excluding tert-OH is 1. The number of ether oxygens (including phenoxy) is 2. The summed E-state index contributed by atoms with van der Waals surface area (Å²) in [5, 5.41) is 23.5.